The van der Waals surface area contributed by atoms with Crippen LogP contribution in [-0.2, 0) is 0 Å². The number of alkyl halides is 4. The van der Waals surface area contributed by atoms with Gasteiger partial charge in [0, 0.05) is 0 Å². The minimum absolute atomic E-state index is 1.34. The zero-order valence-corrected chi connectivity index (χ0v) is 11.7. The van der Waals surface area contributed by atoms with Crippen molar-refractivity contribution < 1.29 is 0 Å². The van der Waals surface area contributed by atoms with Crippen LogP contribution in [0.1, 0.15) is 11.1 Å². The van der Waals surface area contributed by atoms with Gasteiger partial charge in [0.2, 0.25) is 0 Å². The van der Waals surface area contributed by atoms with E-state index in [0.717, 1.165) is 0 Å². The van der Waals surface area contributed by atoms with Gasteiger partial charge in [-0.25, -0.2) is 0 Å². The predicted octanol–water partition coefficient (Wildman–Crippen LogP) is 5.88. The topological polar surface area (TPSA) is 0 Å². The van der Waals surface area contributed by atoms with Crippen molar-refractivity contribution in [1.29, 1.82) is 0 Å². The van der Waals surface area contributed by atoms with Crippen LogP contribution in [0.2, 0.25) is 0 Å². The number of benzene rings is 2. The molecular weight excluding hydrogens is 298 g/mol. The molecule has 0 fully saturated rings. The van der Waals surface area contributed by atoms with Crippen LogP contribution in [0, 0.1) is 0 Å². The van der Waals surface area contributed by atoms with E-state index in [2.05, 4.69) is 48.6 Å². The van der Waals surface area contributed by atoms with Gasteiger partial charge in [0.15, 0.2) is 0 Å². The summed E-state index contributed by atoms with van der Waals surface area (Å²) in [5.74, 6) is 0. The summed E-state index contributed by atoms with van der Waals surface area (Å²) in [7, 11) is 0. The molecule has 1 aliphatic rings. The van der Waals surface area contributed by atoms with Crippen molar-refractivity contribution in [3.05, 3.63) is 47.5 Å². The Morgan fingerprint density at radius 1 is 0.706 bits per heavy atom. The highest BCUT2D eigenvalue weighted by Gasteiger charge is 2.11. The van der Waals surface area contributed by atoms with Gasteiger partial charge in [0.05, 0.1) is 0 Å². The molecule has 0 heterocycles. The average Bonchev–Trinajstić information content (AvgIpc) is 2.62. The number of halogens is 4. The van der Waals surface area contributed by atoms with E-state index in [9.17, 15) is 0 Å². The Morgan fingerprint density at radius 2 is 1.12 bits per heavy atom. The van der Waals surface area contributed by atoms with Gasteiger partial charge in [-0.15, -0.1) is 0 Å². The molecule has 0 aliphatic heterocycles. The van der Waals surface area contributed by atoms with E-state index in [4.69, 9.17) is 46.4 Å². The molecule has 0 spiro atoms. The van der Waals surface area contributed by atoms with E-state index in [1.807, 2.05) is 0 Å². The first kappa shape index (κ1) is 13.0. The molecule has 0 atom stereocenters. The first-order valence-electron chi connectivity index (χ1n) is 4.90. The van der Waals surface area contributed by atoms with E-state index >= 15 is 0 Å². The van der Waals surface area contributed by atoms with Crippen LogP contribution in [0.15, 0.2) is 36.4 Å². The lowest BCUT2D eigenvalue weighted by atomic mass is 10.0. The van der Waals surface area contributed by atoms with Crippen LogP contribution < -0.4 is 0 Å². The molecule has 0 unspecified atom stereocenters. The number of hydrogen-bond donors (Lipinski definition) is 0. The second-order valence-corrected chi connectivity index (χ2v) is 6.98. The first-order chi connectivity index (χ1) is 7.95. The highest BCUT2D eigenvalue weighted by atomic mass is 35.6. The molecule has 2 aromatic rings. The van der Waals surface area contributed by atoms with Crippen molar-refractivity contribution in [3.63, 3.8) is 0 Å². The van der Waals surface area contributed by atoms with Gasteiger partial charge < -0.3 is 0 Å². The first-order valence-corrected chi connectivity index (χ1v) is 6.42. The van der Waals surface area contributed by atoms with Crippen LogP contribution in [0.5, 0.6) is 0 Å². The van der Waals surface area contributed by atoms with Crippen molar-refractivity contribution in [2.75, 3.05) is 0 Å². The van der Waals surface area contributed by atoms with Gasteiger partial charge in [-0.2, -0.15) is 0 Å². The smallest absolute Gasteiger partial charge is 0.0664 e. The molecule has 0 radical (unpaired) electrons. The summed E-state index contributed by atoms with van der Waals surface area (Å²) in [6.07, 6.45) is 4.36. The molecule has 17 heavy (non-hydrogen) atoms. The Balaban J connectivity index is 0.000000188. The second kappa shape index (κ2) is 5.07. The van der Waals surface area contributed by atoms with Crippen molar-refractivity contribution >= 4 is 69.3 Å². The molecule has 4 heteroatoms. The van der Waals surface area contributed by atoms with E-state index in [-0.39, 0.29) is 0 Å². The molecule has 0 aromatic heterocycles. The summed E-state index contributed by atoms with van der Waals surface area (Å²) < 4.78 is -1.61. The van der Waals surface area contributed by atoms with Crippen molar-refractivity contribution in [3.8, 4) is 0 Å². The quantitative estimate of drug-likeness (QED) is 0.455. The van der Waals surface area contributed by atoms with E-state index < -0.39 is 3.25 Å². The van der Waals surface area contributed by atoms with E-state index in [1.54, 1.807) is 0 Å². The van der Waals surface area contributed by atoms with Gasteiger partial charge in [-0.05, 0) is 21.9 Å². The zero-order chi connectivity index (χ0) is 12.5. The van der Waals surface area contributed by atoms with Crippen LogP contribution >= 0.6 is 46.4 Å². The normalized spacial score (nSPS) is 12.5. The molecule has 0 N–H and O–H groups in total. The summed E-state index contributed by atoms with van der Waals surface area (Å²) >= 11 is 19.3. The Hall–Kier alpha value is -0.400. The van der Waals surface area contributed by atoms with Crippen molar-refractivity contribution in [2.24, 2.45) is 0 Å². The van der Waals surface area contributed by atoms with Gasteiger partial charge >= 0.3 is 0 Å². The molecule has 0 amide bonds. The highest BCUT2D eigenvalue weighted by molar-refractivity contribution is 6.83. The molecule has 1 aliphatic carbocycles. The number of rotatable bonds is 0. The van der Waals surface area contributed by atoms with Crippen LogP contribution in [0.3, 0.4) is 0 Å². The lowest BCUT2D eigenvalue weighted by molar-refractivity contribution is 1.72. The molecule has 0 bridgehead atoms. The zero-order valence-electron chi connectivity index (χ0n) is 8.63. The highest BCUT2D eigenvalue weighted by Crippen LogP contribution is 2.30. The molecule has 0 saturated carbocycles. The van der Waals surface area contributed by atoms with Crippen LogP contribution in [0.4, 0.5) is 0 Å². The fourth-order valence-electron chi connectivity index (χ4n) is 1.86. The molecule has 88 valence electrons. The maximum absolute atomic E-state index is 4.83. The van der Waals surface area contributed by atoms with Crippen molar-refractivity contribution in [2.45, 2.75) is 3.25 Å². The minimum Gasteiger partial charge on any atom is -0.0664 e. The van der Waals surface area contributed by atoms with Gasteiger partial charge in [-0.3, -0.25) is 0 Å². The molecule has 0 saturated heterocycles. The Bertz CT molecular complexity index is 520. The largest absolute Gasteiger partial charge is 0.266 e. The Labute approximate surface area is 120 Å². The van der Waals surface area contributed by atoms with E-state index in [1.165, 1.54) is 21.9 Å². The Kier molecular flexibility index (Phi) is 3.89. The van der Waals surface area contributed by atoms with Crippen molar-refractivity contribution in [1.82, 2.24) is 0 Å². The van der Waals surface area contributed by atoms with Gasteiger partial charge in [-0.1, -0.05) is 95.0 Å². The standard InChI is InChI=1S/C12H8.CCl4/c1-3-9-4-2-6-11-8-7-10(5-1)12(9)11;2-1(3,4)5/h1-8H;. The maximum Gasteiger partial charge on any atom is 0.266 e. The predicted molar refractivity (Wildman–Crippen MR) is 79.0 cm³/mol. The van der Waals surface area contributed by atoms with Gasteiger partial charge in [0.25, 0.3) is 3.25 Å². The van der Waals surface area contributed by atoms with E-state index in [0.29, 0.717) is 0 Å². The third-order valence-corrected chi connectivity index (χ3v) is 2.41. The lowest BCUT2D eigenvalue weighted by Crippen LogP contribution is -1.81. The fourth-order valence-corrected chi connectivity index (χ4v) is 1.86. The summed E-state index contributed by atoms with van der Waals surface area (Å²) in [5, 5.41) is 2.75. The summed E-state index contributed by atoms with van der Waals surface area (Å²) in [6, 6.07) is 12.9. The van der Waals surface area contributed by atoms with Crippen LogP contribution in [-0.4, -0.2) is 3.25 Å². The summed E-state index contributed by atoms with van der Waals surface area (Å²) in [6.45, 7) is 0. The second-order valence-electron chi connectivity index (χ2n) is 3.55. The summed E-state index contributed by atoms with van der Waals surface area (Å²) in [5.41, 5.74) is 2.70. The molecule has 3 rings (SSSR count). The molecule has 0 nitrogen and oxygen atoms in total. The SMILES string of the molecule is C1=Cc2cccc3cccc1c23.ClC(Cl)(Cl)Cl. The molecular formula is C13H8Cl4. The lowest BCUT2D eigenvalue weighted by Gasteiger charge is -1.99. The van der Waals surface area contributed by atoms with Crippen LogP contribution in [0.25, 0.3) is 22.9 Å². The third-order valence-electron chi connectivity index (χ3n) is 2.41. The monoisotopic (exact) mass is 304 g/mol. The van der Waals surface area contributed by atoms with Gasteiger partial charge in [0.1, 0.15) is 0 Å². The average molecular weight is 306 g/mol. The summed E-state index contributed by atoms with van der Waals surface area (Å²) in [4.78, 5) is 0. The fraction of sp³-hybridized carbons (Fsp3) is 0.0769. The third kappa shape index (κ3) is 3.53. The maximum atomic E-state index is 4.83. The Morgan fingerprint density at radius 3 is 1.53 bits per heavy atom. The molecule has 2 aromatic carbocycles. The minimum atomic E-state index is -1.61. The number of hydrogen-bond acceptors (Lipinski definition) is 0.